The van der Waals surface area contributed by atoms with Crippen LogP contribution in [0.3, 0.4) is 0 Å². The zero-order chi connectivity index (χ0) is 14.8. The second-order valence-corrected chi connectivity index (χ2v) is 4.48. The van der Waals surface area contributed by atoms with E-state index < -0.39 is 29.3 Å². The number of halogens is 1. The molecular weight excluding hydrogens is 282 g/mol. The first kappa shape index (κ1) is 15.4. The molecule has 7 nitrogen and oxygen atoms in total. The highest BCUT2D eigenvalue weighted by molar-refractivity contribution is 7.81. The highest BCUT2D eigenvalue weighted by Crippen LogP contribution is 2.21. The molecule has 0 aromatic heterocycles. The lowest BCUT2D eigenvalue weighted by atomic mass is 9.76. The Hall–Kier alpha value is -1.65. The molecule has 0 bridgehead atoms. The van der Waals surface area contributed by atoms with Crippen molar-refractivity contribution in [1.29, 1.82) is 0 Å². The monoisotopic (exact) mass is 292 g/mol. The van der Waals surface area contributed by atoms with E-state index in [1.54, 1.807) is 0 Å². The van der Waals surface area contributed by atoms with Gasteiger partial charge in [0, 0.05) is 0 Å². The summed E-state index contributed by atoms with van der Waals surface area (Å²) in [4.78, 5) is 11.3. The van der Waals surface area contributed by atoms with Crippen LogP contribution in [-0.2, 0) is 15.2 Å². The van der Waals surface area contributed by atoms with Crippen LogP contribution in [0.1, 0.15) is 15.9 Å². The quantitative estimate of drug-likeness (QED) is 0.418. The van der Waals surface area contributed by atoms with Crippen molar-refractivity contribution < 1.29 is 36.1 Å². The van der Waals surface area contributed by atoms with Gasteiger partial charge in [-0.25, -0.2) is 4.79 Å². The Morgan fingerprint density at radius 3 is 2.37 bits per heavy atom. The van der Waals surface area contributed by atoms with Crippen LogP contribution >= 0.6 is 0 Å². The average molecular weight is 292 g/mol. The summed E-state index contributed by atoms with van der Waals surface area (Å²) in [5.74, 6) is -1.41. The number of carbonyl (C=O) groups is 1. The smallest absolute Gasteiger partial charge is 0.465 e. The topological polar surface area (TPSA) is 110 Å². The number of ether oxygens (including phenoxy) is 1. The van der Waals surface area contributed by atoms with Crippen molar-refractivity contribution in [2.45, 2.75) is 6.92 Å². The van der Waals surface area contributed by atoms with Crippen LogP contribution in [-0.4, -0.2) is 38.7 Å². The van der Waals surface area contributed by atoms with Crippen molar-refractivity contribution in [3.8, 4) is 5.75 Å². The maximum absolute atomic E-state index is 12.5. The minimum absolute atomic E-state index is 0.0381. The molecule has 10 heteroatoms. The second-order valence-electron chi connectivity index (χ2n) is 3.53. The summed E-state index contributed by atoms with van der Waals surface area (Å²) in [5.41, 5.74) is -0.458. The van der Waals surface area contributed by atoms with Gasteiger partial charge in [0.15, 0.2) is 0 Å². The molecule has 0 heterocycles. The fourth-order valence-electron chi connectivity index (χ4n) is 1.41. The molecule has 1 aromatic carbocycles. The number of carbonyl (C=O) groups excluding carboxylic acids is 1. The second kappa shape index (κ2) is 5.55. The summed E-state index contributed by atoms with van der Waals surface area (Å²) < 4.78 is 41.8. The molecule has 0 aliphatic rings. The van der Waals surface area contributed by atoms with Gasteiger partial charge in [0.05, 0.1) is 12.7 Å². The predicted octanol–water partition coefficient (Wildman–Crippen LogP) is -0.945. The molecule has 19 heavy (non-hydrogen) atoms. The molecule has 1 aromatic rings. The molecule has 0 atom stereocenters. The van der Waals surface area contributed by atoms with Crippen molar-refractivity contribution in [2.24, 2.45) is 0 Å². The van der Waals surface area contributed by atoms with E-state index in [1.807, 2.05) is 0 Å². The van der Waals surface area contributed by atoms with Gasteiger partial charge in [-0.1, -0.05) is 3.89 Å². The molecule has 0 aliphatic carbocycles. The van der Waals surface area contributed by atoms with E-state index in [0.717, 1.165) is 19.2 Å². The van der Waals surface area contributed by atoms with Crippen molar-refractivity contribution in [1.82, 2.24) is 0 Å². The molecule has 0 fully saturated rings. The molecule has 0 unspecified atom stereocenters. The third-order valence-corrected chi connectivity index (χ3v) is 2.67. The van der Waals surface area contributed by atoms with Gasteiger partial charge in [0.25, 0.3) is 0 Å². The normalized spacial score (nSPS) is 11.0. The lowest BCUT2D eigenvalue weighted by Gasteiger charge is -2.11. The van der Waals surface area contributed by atoms with Gasteiger partial charge in [-0.15, -0.1) is 0 Å². The number of benzene rings is 1. The van der Waals surface area contributed by atoms with Gasteiger partial charge in [0.2, 0.25) is 0 Å². The molecule has 0 radical (unpaired) electrons. The first-order chi connectivity index (χ1) is 8.65. The summed E-state index contributed by atoms with van der Waals surface area (Å²) >= 11 is 0. The molecule has 104 valence electrons. The third kappa shape index (κ3) is 3.91. The molecule has 0 saturated carbocycles. The maximum atomic E-state index is 12.5. The molecule has 0 aliphatic heterocycles. The third-order valence-electron chi connectivity index (χ3n) is 2.29. The van der Waals surface area contributed by atoms with Crippen LogP contribution in [0.4, 0.5) is 3.89 Å². The standard InChI is InChI=1S/C9H10BFO7S/c1-5-7(10(13)14)3-6(9(12)17-2)4-8(5)18-19(11,15)16/h3-4,13-14H,1-2H3. The highest BCUT2D eigenvalue weighted by atomic mass is 32.3. The lowest BCUT2D eigenvalue weighted by Crippen LogP contribution is -2.33. The van der Waals surface area contributed by atoms with Crippen molar-refractivity contribution >= 4 is 29.1 Å². The van der Waals surface area contributed by atoms with E-state index in [0.29, 0.717) is 0 Å². The van der Waals surface area contributed by atoms with E-state index >= 15 is 0 Å². The average Bonchev–Trinajstić information content (AvgIpc) is 2.28. The largest absolute Gasteiger partial charge is 0.488 e. The van der Waals surface area contributed by atoms with Crippen LogP contribution in [0.2, 0.25) is 0 Å². The van der Waals surface area contributed by atoms with Gasteiger partial charge < -0.3 is 19.0 Å². The van der Waals surface area contributed by atoms with Gasteiger partial charge in [-0.05, 0) is 30.1 Å². The molecule has 0 spiro atoms. The van der Waals surface area contributed by atoms with Gasteiger partial charge in [-0.3, -0.25) is 0 Å². The number of hydrogen-bond donors (Lipinski definition) is 2. The van der Waals surface area contributed by atoms with Gasteiger partial charge in [0.1, 0.15) is 5.75 Å². The SMILES string of the molecule is COC(=O)c1cc(OS(=O)(=O)F)c(C)c(B(O)O)c1. The fourth-order valence-corrected chi connectivity index (χ4v) is 1.79. The first-order valence-electron chi connectivity index (χ1n) is 4.88. The summed E-state index contributed by atoms with van der Waals surface area (Å²) in [5, 5.41) is 18.2. The Balaban J connectivity index is 3.44. The number of esters is 1. The van der Waals surface area contributed by atoms with Gasteiger partial charge in [-0.2, -0.15) is 8.42 Å². The lowest BCUT2D eigenvalue weighted by molar-refractivity contribution is 0.0600. The van der Waals surface area contributed by atoms with Crippen LogP contribution in [0, 0.1) is 6.92 Å². The molecule has 2 N–H and O–H groups in total. The van der Waals surface area contributed by atoms with Crippen molar-refractivity contribution in [2.75, 3.05) is 7.11 Å². The summed E-state index contributed by atoms with van der Waals surface area (Å²) in [6, 6.07) is 1.99. The van der Waals surface area contributed by atoms with E-state index in [1.165, 1.54) is 6.92 Å². The zero-order valence-corrected chi connectivity index (χ0v) is 10.8. The Bertz CT molecular complexity index is 599. The Morgan fingerprint density at radius 1 is 1.37 bits per heavy atom. The summed E-state index contributed by atoms with van der Waals surface area (Å²) in [6.45, 7) is 1.27. The minimum Gasteiger partial charge on any atom is -0.465 e. The number of rotatable bonds is 4. The van der Waals surface area contributed by atoms with Crippen molar-refractivity contribution in [3.63, 3.8) is 0 Å². The Morgan fingerprint density at radius 2 is 1.95 bits per heavy atom. The summed E-state index contributed by atoms with van der Waals surface area (Å²) in [6.07, 6.45) is 0. The van der Waals surface area contributed by atoms with E-state index in [9.17, 15) is 17.1 Å². The van der Waals surface area contributed by atoms with E-state index in [4.69, 9.17) is 10.0 Å². The zero-order valence-electron chi connectivity index (χ0n) is 9.95. The first-order valence-corrected chi connectivity index (χ1v) is 6.19. The van der Waals surface area contributed by atoms with E-state index in [-0.39, 0.29) is 16.6 Å². The van der Waals surface area contributed by atoms with Crippen LogP contribution in [0.25, 0.3) is 0 Å². The van der Waals surface area contributed by atoms with E-state index in [2.05, 4.69) is 8.92 Å². The predicted molar refractivity (Wildman–Crippen MR) is 63.0 cm³/mol. The van der Waals surface area contributed by atoms with Crippen LogP contribution in [0.5, 0.6) is 5.75 Å². The number of methoxy groups -OCH3 is 1. The Kier molecular flexibility index (Phi) is 4.50. The van der Waals surface area contributed by atoms with Crippen molar-refractivity contribution in [3.05, 3.63) is 23.3 Å². The Labute approximate surface area is 109 Å². The van der Waals surface area contributed by atoms with Gasteiger partial charge >= 0.3 is 23.6 Å². The highest BCUT2D eigenvalue weighted by Gasteiger charge is 2.23. The fraction of sp³-hybridized carbons (Fsp3) is 0.222. The molecule has 1 rings (SSSR count). The number of hydrogen-bond acceptors (Lipinski definition) is 7. The molecular formula is C9H10BFO7S. The molecule has 0 amide bonds. The maximum Gasteiger partial charge on any atom is 0.488 e. The van der Waals surface area contributed by atoms with Crippen LogP contribution in [0.15, 0.2) is 12.1 Å². The minimum atomic E-state index is -5.31. The van der Waals surface area contributed by atoms with Crippen LogP contribution < -0.4 is 9.65 Å². The molecule has 0 saturated heterocycles. The summed E-state index contributed by atoms with van der Waals surface area (Å²) in [7, 11) is -6.23.